The van der Waals surface area contributed by atoms with Crippen LogP contribution in [0.3, 0.4) is 0 Å². The highest BCUT2D eigenvalue weighted by Crippen LogP contribution is 2.23. The second kappa shape index (κ2) is 8.08. The molecule has 0 saturated carbocycles. The molecule has 0 saturated heterocycles. The number of carbonyl (C=O) groups is 1. The van der Waals surface area contributed by atoms with E-state index in [-0.39, 0.29) is 11.9 Å². The molecule has 0 aliphatic rings. The molecule has 3 aromatic rings. The van der Waals surface area contributed by atoms with E-state index in [1.807, 2.05) is 66.0 Å². The number of benzene rings is 2. The second-order valence-corrected chi connectivity index (χ2v) is 7.22. The zero-order chi connectivity index (χ0) is 17.6. The quantitative estimate of drug-likeness (QED) is 0.699. The molecule has 1 N–H and O–H groups in total. The number of hydrogen-bond acceptors (Lipinski definition) is 3. The van der Waals surface area contributed by atoms with E-state index in [0.717, 1.165) is 21.8 Å². The molecule has 1 aromatic heterocycles. The number of carbonyl (C=O) groups excluding carboxylic acids is 1. The molecule has 0 atom stereocenters. The zero-order valence-electron chi connectivity index (χ0n) is 14.5. The van der Waals surface area contributed by atoms with Crippen molar-refractivity contribution in [2.24, 2.45) is 0 Å². The highest BCUT2D eigenvalue weighted by atomic mass is 32.1. The van der Waals surface area contributed by atoms with Gasteiger partial charge in [0.25, 0.3) is 0 Å². The van der Waals surface area contributed by atoms with Crippen LogP contribution in [0.2, 0.25) is 0 Å². The molecule has 3 nitrogen and oxygen atoms in total. The van der Waals surface area contributed by atoms with Crippen LogP contribution in [0.4, 0.5) is 0 Å². The van der Waals surface area contributed by atoms with E-state index in [1.165, 1.54) is 0 Å². The Kier molecular flexibility index (Phi) is 5.61. The Morgan fingerprint density at radius 3 is 2.04 bits per heavy atom. The van der Waals surface area contributed by atoms with Gasteiger partial charge in [-0.1, -0.05) is 74.5 Å². The number of hydrogen-bond donors (Lipinski definition) is 1. The van der Waals surface area contributed by atoms with Crippen molar-refractivity contribution in [1.82, 2.24) is 10.3 Å². The minimum absolute atomic E-state index is 0.0155. The van der Waals surface area contributed by atoms with Crippen LogP contribution in [0.1, 0.15) is 47.6 Å². The van der Waals surface area contributed by atoms with Gasteiger partial charge < -0.3 is 5.32 Å². The number of rotatable bonds is 6. The maximum absolute atomic E-state index is 12.6. The molecule has 0 aliphatic heterocycles. The number of aromatic nitrogens is 1. The highest BCUT2D eigenvalue weighted by Gasteiger charge is 2.17. The van der Waals surface area contributed by atoms with Gasteiger partial charge in [0.15, 0.2) is 0 Å². The third-order valence-corrected chi connectivity index (χ3v) is 5.17. The van der Waals surface area contributed by atoms with Crippen LogP contribution < -0.4 is 5.32 Å². The van der Waals surface area contributed by atoms with E-state index in [4.69, 9.17) is 0 Å². The molecule has 0 bridgehead atoms. The van der Waals surface area contributed by atoms with E-state index in [2.05, 4.69) is 24.1 Å². The topological polar surface area (TPSA) is 42.0 Å². The predicted molar refractivity (Wildman–Crippen MR) is 103 cm³/mol. The fourth-order valence-electron chi connectivity index (χ4n) is 2.70. The van der Waals surface area contributed by atoms with E-state index >= 15 is 0 Å². The summed E-state index contributed by atoms with van der Waals surface area (Å²) < 4.78 is 0. The Hall–Kier alpha value is -2.46. The molecule has 0 spiro atoms. The van der Waals surface area contributed by atoms with Crippen LogP contribution >= 0.6 is 11.3 Å². The number of nitrogens with one attached hydrogen (secondary N) is 1. The van der Waals surface area contributed by atoms with Crippen molar-refractivity contribution >= 4 is 17.2 Å². The largest absolute Gasteiger partial charge is 0.345 e. The zero-order valence-corrected chi connectivity index (χ0v) is 15.3. The first-order valence-corrected chi connectivity index (χ1v) is 9.35. The maximum Gasteiger partial charge on any atom is 0.226 e. The Morgan fingerprint density at radius 2 is 1.56 bits per heavy atom. The molecular formula is C21H22N2OS. The summed E-state index contributed by atoms with van der Waals surface area (Å²) in [5.74, 6) is 0.376. The van der Waals surface area contributed by atoms with Crippen LogP contribution in [0.25, 0.3) is 0 Å². The number of amides is 1. The van der Waals surface area contributed by atoms with Crippen molar-refractivity contribution in [3.63, 3.8) is 0 Å². The SMILES string of the molecule is CC(C)c1nc(CC(=O)NC(c2ccccc2)c2ccccc2)cs1. The van der Waals surface area contributed by atoms with Gasteiger partial charge in [-0.3, -0.25) is 4.79 Å². The maximum atomic E-state index is 12.6. The van der Waals surface area contributed by atoms with Crippen molar-refractivity contribution in [2.75, 3.05) is 0 Å². The van der Waals surface area contributed by atoms with Crippen LogP contribution in [-0.4, -0.2) is 10.9 Å². The van der Waals surface area contributed by atoms with E-state index in [0.29, 0.717) is 12.3 Å². The van der Waals surface area contributed by atoms with Crippen LogP contribution in [0, 0.1) is 0 Å². The Labute approximate surface area is 152 Å². The monoisotopic (exact) mass is 350 g/mol. The Bertz CT molecular complexity index is 773. The summed E-state index contributed by atoms with van der Waals surface area (Å²) >= 11 is 1.62. The van der Waals surface area contributed by atoms with Gasteiger partial charge in [-0.15, -0.1) is 11.3 Å². The molecule has 2 aromatic carbocycles. The molecule has 1 heterocycles. The molecule has 1 amide bonds. The fraction of sp³-hybridized carbons (Fsp3) is 0.238. The minimum atomic E-state index is -0.155. The average Bonchev–Trinajstić information content (AvgIpc) is 3.10. The molecule has 128 valence electrons. The summed E-state index contributed by atoms with van der Waals surface area (Å²) in [6, 6.07) is 19.9. The Morgan fingerprint density at radius 1 is 1.00 bits per heavy atom. The second-order valence-electron chi connectivity index (χ2n) is 6.33. The number of nitrogens with zero attached hydrogens (tertiary/aromatic N) is 1. The molecular weight excluding hydrogens is 328 g/mol. The lowest BCUT2D eigenvalue weighted by Crippen LogP contribution is -2.30. The first kappa shape index (κ1) is 17.4. The summed E-state index contributed by atoms with van der Waals surface area (Å²) in [5.41, 5.74) is 2.98. The van der Waals surface area contributed by atoms with Crippen LogP contribution in [0.5, 0.6) is 0 Å². The fourth-order valence-corrected chi connectivity index (χ4v) is 3.53. The standard InChI is InChI=1S/C21H22N2OS/c1-15(2)21-22-18(14-25-21)13-19(24)23-20(16-9-5-3-6-10-16)17-11-7-4-8-12-17/h3-12,14-15,20H,13H2,1-2H3,(H,23,24). The van der Waals surface area contributed by atoms with Gasteiger partial charge >= 0.3 is 0 Å². The third-order valence-electron chi connectivity index (χ3n) is 3.98. The van der Waals surface area contributed by atoms with E-state index < -0.39 is 0 Å². The lowest BCUT2D eigenvalue weighted by molar-refractivity contribution is -0.121. The number of thiazole rings is 1. The molecule has 0 aliphatic carbocycles. The van der Waals surface area contributed by atoms with Gasteiger partial charge in [0.2, 0.25) is 5.91 Å². The molecule has 0 radical (unpaired) electrons. The predicted octanol–water partition coefficient (Wildman–Crippen LogP) is 4.71. The lowest BCUT2D eigenvalue weighted by Gasteiger charge is -2.19. The van der Waals surface area contributed by atoms with Crippen molar-refractivity contribution in [3.05, 3.63) is 87.9 Å². The van der Waals surface area contributed by atoms with Gasteiger partial charge in [0, 0.05) is 11.3 Å². The van der Waals surface area contributed by atoms with Crippen molar-refractivity contribution in [1.29, 1.82) is 0 Å². The molecule has 3 rings (SSSR count). The summed E-state index contributed by atoms with van der Waals surface area (Å²) in [5, 5.41) is 6.22. The van der Waals surface area contributed by atoms with E-state index in [1.54, 1.807) is 11.3 Å². The third kappa shape index (κ3) is 4.54. The van der Waals surface area contributed by atoms with Gasteiger partial charge in [0.1, 0.15) is 0 Å². The van der Waals surface area contributed by atoms with Crippen molar-refractivity contribution in [3.8, 4) is 0 Å². The van der Waals surface area contributed by atoms with Crippen LogP contribution in [-0.2, 0) is 11.2 Å². The van der Waals surface area contributed by atoms with Crippen molar-refractivity contribution in [2.45, 2.75) is 32.2 Å². The lowest BCUT2D eigenvalue weighted by atomic mass is 9.98. The van der Waals surface area contributed by atoms with Gasteiger partial charge in [-0.05, 0) is 11.1 Å². The van der Waals surface area contributed by atoms with Gasteiger partial charge in [-0.25, -0.2) is 4.98 Å². The van der Waals surface area contributed by atoms with E-state index in [9.17, 15) is 4.79 Å². The molecule has 0 fully saturated rings. The van der Waals surface area contributed by atoms with Crippen LogP contribution in [0.15, 0.2) is 66.0 Å². The van der Waals surface area contributed by atoms with Gasteiger partial charge in [-0.2, -0.15) is 0 Å². The average molecular weight is 350 g/mol. The smallest absolute Gasteiger partial charge is 0.226 e. The van der Waals surface area contributed by atoms with Crippen molar-refractivity contribution < 1.29 is 4.79 Å². The highest BCUT2D eigenvalue weighted by molar-refractivity contribution is 7.09. The first-order chi connectivity index (χ1) is 12.1. The van der Waals surface area contributed by atoms with Gasteiger partial charge in [0.05, 0.1) is 23.2 Å². The first-order valence-electron chi connectivity index (χ1n) is 8.47. The minimum Gasteiger partial charge on any atom is -0.345 e. The summed E-state index contributed by atoms with van der Waals surface area (Å²) in [4.78, 5) is 17.2. The summed E-state index contributed by atoms with van der Waals surface area (Å²) in [6.07, 6.45) is 0.305. The molecule has 0 unspecified atom stereocenters. The Balaban J connectivity index is 1.77. The molecule has 4 heteroatoms. The summed E-state index contributed by atoms with van der Waals surface area (Å²) in [6.45, 7) is 4.23. The normalized spacial score (nSPS) is 11.0. The summed E-state index contributed by atoms with van der Waals surface area (Å²) in [7, 11) is 0. The molecule has 25 heavy (non-hydrogen) atoms.